The summed E-state index contributed by atoms with van der Waals surface area (Å²) in [6.07, 6.45) is 16.1. The molecule has 2 atom stereocenters. The second kappa shape index (κ2) is 11.3. The standard InChI is InChI=1S/C30H34N4O3S/c35-29(32-24-9-10-24)23-7-11-26(12-8-23)37-28-13-6-21(18-31-28)19-33-16-14-25(15-17-33)34-27(20-36-30(34)38)22-4-2-1-3-5-22/h1-4,6-8,11-13,18,22,24-25,27H,5,9-10,14-17,19-20H2,(H,32,35)/t22?,27-/m0/s1. The van der Waals surface area contributed by atoms with E-state index in [0.29, 0.717) is 53.0 Å². The van der Waals surface area contributed by atoms with E-state index in [9.17, 15) is 4.79 Å². The molecular weight excluding hydrogens is 496 g/mol. The number of allylic oxidation sites excluding steroid dienone is 3. The number of benzene rings is 1. The topological polar surface area (TPSA) is 66.9 Å². The van der Waals surface area contributed by atoms with Gasteiger partial charge < -0.3 is 19.7 Å². The van der Waals surface area contributed by atoms with Crippen molar-refractivity contribution in [3.05, 3.63) is 78.0 Å². The molecule has 2 saturated heterocycles. The number of rotatable bonds is 8. The highest BCUT2D eigenvalue weighted by Gasteiger charge is 2.40. The van der Waals surface area contributed by atoms with Gasteiger partial charge in [-0.05, 0) is 74.2 Å². The number of nitrogens with one attached hydrogen (secondary N) is 1. The minimum Gasteiger partial charge on any atom is -0.469 e. The number of aromatic nitrogens is 1. The first-order valence-electron chi connectivity index (χ1n) is 13.7. The van der Waals surface area contributed by atoms with Gasteiger partial charge in [-0.3, -0.25) is 9.69 Å². The summed E-state index contributed by atoms with van der Waals surface area (Å²) in [5.74, 6) is 1.65. The Morgan fingerprint density at radius 3 is 2.58 bits per heavy atom. The van der Waals surface area contributed by atoms with Crippen molar-refractivity contribution in [1.29, 1.82) is 0 Å². The van der Waals surface area contributed by atoms with Crippen molar-refractivity contribution in [1.82, 2.24) is 20.1 Å². The Morgan fingerprint density at radius 1 is 1.08 bits per heavy atom. The quantitative estimate of drug-likeness (QED) is 0.490. The van der Waals surface area contributed by atoms with Gasteiger partial charge in [0.1, 0.15) is 12.4 Å². The maximum Gasteiger partial charge on any atom is 0.260 e. The molecule has 1 aromatic carbocycles. The van der Waals surface area contributed by atoms with Crippen LogP contribution in [0.1, 0.15) is 48.0 Å². The van der Waals surface area contributed by atoms with E-state index < -0.39 is 0 Å². The molecule has 6 rings (SSSR count). The lowest BCUT2D eigenvalue weighted by molar-refractivity contribution is 0.0951. The number of ether oxygens (including phenoxy) is 2. The second-order valence-electron chi connectivity index (χ2n) is 10.7. The first-order valence-corrected chi connectivity index (χ1v) is 14.1. The number of hydrogen-bond donors (Lipinski definition) is 1. The number of nitrogens with zero attached hydrogens (tertiary/aromatic N) is 3. The Kier molecular flexibility index (Phi) is 7.42. The van der Waals surface area contributed by atoms with E-state index in [1.165, 1.54) is 5.56 Å². The Hall–Kier alpha value is -3.23. The number of piperidine rings is 1. The van der Waals surface area contributed by atoms with Crippen LogP contribution in [0.25, 0.3) is 0 Å². The lowest BCUT2D eigenvalue weighted by atomic mass is 9.90. The molecule has 1 aromatic heterocycles. The zero-order valence-electron chi connectivity index (χ0n) is 21.5. The maximum absolute atomic E-state index is 12.2. The van der Waals surface area contributed by atoms with Crippen LogP contribution in [0.2, 0.25) is 0 Å². The highest BCUT2D eigenvalue weighted by atomic mass is 32.1. The molecule has 4 aliphatic rings. The highest BCUT2D eigenvalue weighted by Crippen LogP contribution is 2.31. The molecule has 38 heavy (non-hydrogen) atoms. The van der Waals surface area contributed by atoms with Crippen molar-refractivity contribution in [2.45, 2.75) is 56.8 Å². The van der Waals surface area contributed by atoms with E-state index in [2.05, 4.69) is 50.5 Å². The number of carbonyl (C=O) groups is 1. The van der Waals surface area contributed by atoms with Gasteiger partial charge >= 0.3 is 0 Å². The molecule has 1 unspecified atom stereocenters. The average molecular weight is 531 g/mol. The summed E-state index contributed by atoms with van der Waals surface area (Å²) in [6, 6.07) is 12.3. The highest BCUT2D eigenvalue weighted by molar-refractivity contribution is 7.80. The third-order valence-electron chi connectivity index (χ3n) is 7.86. The van der Waals surface area contributed by atoms with Gasteiger partial charge in [0, 0.05) is 55.5 Å². The lowest BCUT2D eigenvalue weighted by Gasteiger charge is -2.40. The van der Waals surface area contributed by atoms with Crippen LogP contribution < -0.4 is 10.1 Å². The molecule has 7 nitrogen and oxygen atoms in total. The van der Waals surface area contributed by atoms with Crippen LogP contribution in [0.5, 0.6) is 11.6 Å². The summed E-state index contributed by atoms with van der Waals surface area (Å²) in [5, 5.41) is 3.67. The second-order valence-corrected chi connectivity index (χ2v) is 11.0. The smallest absolute Gasteiger partial charge is 0.260 e. The van der Waals surface area contributed by atoms with E-state index in [0.717, 1.165) is 51.7 Å². The Morgan fingerprint density at radius 2 is 1.89 bits per heavy atom. The number of pyridine rings is 1. The van der Waals surface area contributed by atoms with Gasteiger partial charge in [-0.1, -0.05) is 30.4 Å². The van der Waals surface area contributed by atoms with E-state index >= 15 is 0 Å². The molecule has 2 aliphatic heterocycles. The Bertz CT molecular complexity index is 1200. The first kappa shape index (κ1) is 25.1. The van der Waals surface area contributed by atoms with Gasteiger partial charge in [0.05, 0.1) is 6.04 Å². The van der Waals surface area contributed by atoms with E-state index in [1.54, 1.807) is 12.1 Å². The average Bonchev–Trinajstić information content (AvgIpc) is 3.69. The predicted molar refractivity (Wildman–Crippen MR) is 150 cm³/mol. The Balaban J connectivity index is 0.984. The zero-order valence-corrected chi connectivity index (χ0v) is 22.3. The van der Waals surface area contributed by atoms with Crippen LogP contribution in [0, 0.1) is 5.92 Å². The van der Waals surface area contributed by atoms with Crippen LogP contribution in [-0.2, 0) is 11.3 Å². The zero-order chi connectivity index (χ0) is 25.9. The molecule has 0 bridgehead atoms. The van der Waals surface area contributed by atoms with Gasteiger partial charge in [0.25, 0.3) is 11.1 Å². The van der Waals surface area contributed by atoms with E-state index in [-0.39, 0.29) is 5.91 Å². The fraction of sp³-hybridized carbons (Fsp3) is 0.433. The number of thiocarbonyl (C=S) groups is 1. The fourth-order valence-corrected chi connectivity index (χ4v) is 5.90. The maximum atomic E-state index is 12.2. The third kappa shape index (κ3) is 5.92. The van der Waals surface area contributed by atoms with Gasteiger partial charge in [-0.25, -0.2) is 4.98 Å². The summed E-state index contributed by atoms with van der Waals surface area (Å²) in [7, 11) is 0. The monoisotopic (exact) mass is 530 g/mol. The molecule has 0 radical (unpaired) electrons. The summed E-state index contributed by atoms with van der Waals surface area (Å²) in [4.78, 5) is 21.5. The SMILES string of the molecule is O=C(NC1CC1)c1ccc(Oc2ccc(CN3CCC(N4C(=S)OC[C@H]4C4C=CC=CC4)CC3)cn2)cc1. The number of hydrogen-bond acceptors (Lipinski definition) is 6. The largest absolute Gasteiger partial charge is 0.469 e. The normalized spacial score (nSPS) is 23.9. The van der Waals surface area contributed by atoms with Gasteiger partial charge in [0.2, 0.25) is 5.88 Å². The lowest BCUT2D eigenvalue weighted by Crippen LogP contribution is -2.50. The molecule has 3 heterocycles. The van der Waals surface area contributed by atoms with Crippen LogP contribution >= 0.6 is 12.2 Å². The van der Waals surface area contributed by atoms with Crippen molar-refractivity contribution in [2.24, 2.45) is 5.92 Å². The summed E-state index contributed by atoms with van der Waals surface area (Å²) in [5.41, 5.74) is 1.81. The number of amides is 1. The molecule has 1 saturated carbocycles. The molecule has 0 spiro atoms. The molecule has 8 heteroatoms. The van der Waals surface area contributed by atoms with Crippen molar-refractivity contribution in [2.75, 3.05) is 19.7 Å². The molecule has 3 fully saturated rings. The summed E-state index contributed by atoms with van der Waals surface area (Å²) in [6.45, 7) is 3.61. The molecule has 1 N–H and O–H groups in total. The minimum atomic E-state index is -0.0272. The van der Waals surface area contributed by atoms with E-state index in [4.69, 9.17) is 21.7 Å². The minimum absolute atomic E-state index is 0.0272. The predicted octanol–water partition coefficient (Wildman–Crippen LogP) is 4.85. The van der Waals surface area contributed by atoms with Crippen LogP contribution in [-0.4, -0.2) is 63.7 Å². The molecule has 2 aromatic rings. The molecule has 2 aliphatic carbocycles. The van der Waals surface area contributed by atoms with Crippen molar-refractivity contribution in [3.63, 3.8) is 0 Å². The molecular formula is C30H34N4O3S. The van der Waals surface area contributed by atoms with Crippen molar-refractivity contribution < 1.29 is 14.3 Å². The van der Waals surface area contributed by atoms with Crippen LogP contribution in [0.15, 0.2) is 66.9 Å². The molecule has 198 valence electrons. The van der Waals surface area contributed by atoms with Crippen LogP contribution in [0.3, 0.4) is 0 Å². The summed E-state index contributed by atoms with van der Waals surface area (Å²) < 4.78 is 11.7. The number of likely N-dealkylation sites (tertiary alicyclic amines) is 1. The fourth-order valence-electron chi connectivity index (χ4n) is 5.55. The number of carbonyl (C=O) groups excluding carboxylic acids is 1. The van der Waals surface area contributed by atoms with Gasteiger partial charge in [-0.2, -0.15) is 0 Å². The molecule has 1 amide bonds. The summed E-state index contributed by atoms with van der Waals surface area (Å²) >= 11 is 5.61. The van der Waals surface area contributed by atoms with Gasteiger partial charge in [-0.15, -0.1) is 0 Å². The van der Waals surface area contributed by atoms with Crippen molar-refractivity contribution >= 4 is 23.3 Å². The van der Waals surface area contributed by atoms with Gasteiger partial charge in [0.15, 0.2) is 0 Å². The Labute approximate surface area is 229 Å². The van der Waals surface area contributed by atoms with Crippen LogP contribution in [0.4, 0.5) is 0 Å². The first-order chi connectivity index (χ1) is 18.6. The van der Waals surface area contributed by atoms with Crippen molar-refractivity contribution in [3.8, 4) is 11.6 Å². The van der Waals surface area contributed by atoms with E-state index in [1.807, 2.05) is 24.4 Å². The third-order valence-corrected chi connectivity index (χ3v) is 8.19.